The number of nitrogens with one attached hydrogen (secondary N) is 1. The van der Waals surface area contributed by atoms with E-state index in [4.69, 9.17) is 9.47 Å². The molecule has 2 saturated heterocycles. The fourth-order valence-corrected chi connectivity index (χ4v) is 1.80. The molecule has 70 valence electrons. The number of ether oxygens (including phenoxy) is 2. The SMILES string of the molecule is CC1CNC(C2CCOC2)OC1. The quantitative estimate of drug-likeness (QED) is 0.627. The van der Waals surface area contributed by atoms with E-state index in [1.54, 1.807) is 0 Å². The van der Waals surface area contributed by atoms with E-state index < -0.39 is 0 Å². The molecule has 12 heavy (non-hydrogen) atoms. The molecule has 0 radical (unpaired) electrons. The molecule has 0 aromatic rings. The van der Waals surface area contributed by atoms with Crippen LogP contribution in [0.4, 0.5) is 0 Å². The van der Waals surface area contributed by atoms with Crippen LogP contribution in [0.25, 0.3) is 0 Å². The predicted octanol–water partition coefficient (Wildman–Crippen LogP) is 0.605. The van der Waals surface area contributed by atoms with Crippen LogP contribution in [-0.2, 0) is 9.47 Å². The first-order chi connectivity index (χ1) is 5.86. The Labute approximate surface area is 73.4 Å². The van der Waals surface area contributed by atoms with Crippen LogP contribution in [0.5, 0.6) is 0 Å². The van der Waals surface area contributed by atoms with Gasteiger partial charge in [0.15, 0.2) is 0 Å². The smallest absolute Gasteiger partial charge is 0.113 e. The van der Waals surface area contributed by atoms with Crippen molar-refractivity contribution in [3.05, 3.63) is 0 Å². The molecule has 0 amide bonds. The zero-order valence-electron chi connectivity index (χ0n) is 7.58. The minimum Gasteiger partial charge on any atom is -0.381 e. The Kier molecular flexibility index (Phi) is 2.63. The van der Waals surface area contributed by atoms with E-state index in [1.807, 2.05) is 0 Å². The summed E-state index contributed by atoms with van der Waals surface area (Å²) in [6, 6.07) is 0. The second kappa shape index (κ2) is 3.73. The molecule has 0 bridgehead atoms. The van der Waals surface area contributed by atoms with E-state index >= 15 is 0 Å². The Morgan fingerprint density at radius 2 is 2.25 bits per heavy atom. The highest BCUT2D eigenvalue weighted by molar-refractivity contribution is 4.76. The van der Waals surface area contributed by atoms with Crippen molar-refractivity contribution in [2.24, 2.45) is 11.8 Å². The van der Waals surface area contributed by atoms with Gasteiger partial charge in [-0.05, 0) is 12.3 Å². The highest BCUT2D eigenvalue weighted by atomic mass is 16.5. The van der Waals surface area contributed by atoms with Crippen molar-refractivity contribution in [3.8, 4) is 0 Å². The molecule has 1 N–H and O–H groups in total. The Morgan fingerprint density at radius 3 is 2.83 bits per heavy atom. The molecule has 0 aliphatic carbocycles. The molecule has 0 aromatic heterocycles. The minimum absolute atomic E-state index is 0.253. The molecule has 2 aliphatic rings. The van der Waals surface area contributed by atoms with Gasteiger partial charge >= 0.3 is 0 Å². The van der Waals surface area contributed by atoms with Crippen LogP contribution in [0.15, 0.2) is 0 Å². The topological polar surface area (TPSA) is 30.5 Å². The van der Waals surface area contributed by atoms with E-state index in [2.05, 4.69) is 12.2 Å². The second-order valence-corrected chi connectivity index (χ2v) is 3.89. The van der Waals surface area contributed by atoms with Gasteiger partial charge in [-0.15, -0.1) is 0 Å². The summed E-state index contributed by atoms with van der Waals surface area (Å²) < 4.78 is 11.0. The number of hydrogen-bond donors (Lipinski definition) is 1. The third-order valence-electron chi connectivity index (χ3n) is 2.62. The third-order valence-corrected chi connectivity index (χ3v) is 2.62. The summed E-state index contributed by atoms with van der Waals surface area (Å²) in [7, 11) is 0. The Hall–Kier alpha value is -0.120. The van der Waals surface area contributed by atoms with Gasteiger partial charge in [0, 0.05) is 19.1 Å². The minimum atomic E-state index is 0.253. The van der Waals surface area contributed by atoms with Gasteiger partial charge in [-0.25, -0.2) is 0 Å². The van der Waals surface area contributed by atoms with Gasteiger partial charge in [0.05, 0.1) is 13.2 Å². The van der Waals surface area contributed by atoms with Crippen LogP contribution >= 0.6 is 0 Å². The summed E-state index contributed by atoms with van der Waals surface area (Å²) in [6.45, 7) is 5.96. The molecular formula is C9H17NO2. The molecule has 3 heteroatoms. The lowest BCUT2D eigenvalue weighted by Gasteiger charge is -2.31. The first-order valence-electron chi connectivity index (χ1n) is 4.79. The van der Waals surface area contributed by atoms with Crippen molar-refractivity contribution in [1.82, 2.24) is 5.32 Å². The Bertz CT molecular complexity index is 137. The van der Waals surface area contributed by atoms with Crippen molar-refractivity contribution >= 4 is 0 Å². The van der Waals surface area contributed by atoms with Gasteiger partial charge in [0.2, 0.25) is 0 Å². The average Bonchev–Trinajstić information content (AvgIpc) is 2.58. The van der Waals surface area contributed by atoms with E-state index in [-0.39, 0.29) is 6.23 Å². The molecule has 2 rings (SSSR count). The third kappa shape index (κ3) is 1.79. The van der Waals surface area contributed by atoms with Gasteiger partial charge in [0.25, 0.3) is 0 Å². The maximum absolute atomic E-state index is 5.68. The molecule has 2 heterocycles. The maximum Gasteiger partial charge on any atom is 0.113 e. The van der Waals surface area contributed by atoms with Crippen LogP contribution in [0.1, 0.15) is 13.3 Å². The zero-order chi connectivity index (χ0) is 8.39. The second-order valence-electron chi connectivity index (χ2n) is 3.89. The normalized spacial score (nSPS) is 43.2. The summed E-state index contributed by atoms with van der Waals surface area (Å²) in [5, 5.41) is 3.41. The van der Waals surface area contributed by atoms with Gasteiger partial charge in [-0.3, -0.25) is 5.32 Å². The molecule has 3 unspecified atom stereocenters. The van der Waals surface area contributed by atoms with E-state index in [9.17, 15) is 0 Å². The lowest BCUT2D eigenvalue weighted by atomic mass is 10.0. The molecule has 3 atom stereocenters. The summed E-state index contributed by atoms with van der Waals surface area (Å²) in [5.41, 5.74) is 0. The Balaban J connectivity index is 1.80. The summed E-state index contributed by atoms with van der Waals surface area (Å²) in [4.78, 5) is 0. The molecule has 3 nitrogen and oxygen atoms in total. The molecule has 2 aliphatic heterocycles. The van der Waals surface area contributed by atoms with E-state index in [0.717, 1.165) is 32.8 Å². The largest absolute Gasteiger partial charge is 0.381 e. The van der Waals surface area contributed by atoms with Crippen LogP contribution in [0, 0.1) is 11.8 Å². The molecule has 0 saturated carbocycles. The monoisotopic (exact) mass is 171 g/mol. The lowest BCUT2D eigenvalue weighted by Crippen LogP contribution is -2.46. The van der Waals surface area contributed by atoms with Gasteiger partial charge < -0.3 is 9.47 Å². The fourth-order valence-electron chi connectivity index (χ4n) is 1.80. The molecule has 0 aromatic carbocycles. The fraction of sp³-hybridized carbons (Fsp3) is 1.00. The standard InChI is InChI=1S/C9H17NO2/c1-7-4-10-9(12-5-7)8-2-3-11-6-8/h7-10H,2-6H2,1H3. The van der Waals surface area contributed by atoms with Crippen LogP contribution in [-0.4, -0.2) is 32.6 Å². The van der Waals surface area contributed by atoms with Gasteiger partial charge in [-0.1, -0.05) is 6.92 Å². The molecule has 0 spiro atoms. The van der Waals surface area contributed by atoms with E-state index in [0.29, 0.717) is 11.8 Å². The first-order valence-corrected chi connectivity index (χ1v) is 4.79. The van der Waals surface area contributed by atoms with Gasteiger partial charge in [0.1, 0.15) is 6.23 Å². The maximum atomic E-state index is 5.68. The lowest BCUT2D eigenvalue weighted by molar-refractivity contribution is -0.0572. The average molecular weight is 171 g/mol. The highest BCUT2D eigenvalue weighted by Crippen LogP contribution is 2.20. The Morgan fingerprint density at radius 1 is 1.33 bits per heavy atom. The number of rotatable bonds is 1. The van der Waals surface area contributed by atoms with Crippen LogP contribution < -0.4 is 5.32 Å². The van der Waals surface area contributed by atoms with Crippen molar-refractivity contribution < 1.29 is 9.47 Å². The van der Waals surface area contributed by atoms with Crippen LogP contribution in [0.2, 0.25) is 0 Å². The summed E-state index contributed by atoms with van der Waals surface area (Å²) in [6.07, 6.45) is 1.40. The molecular weight excluding hydrogens is 154 g/mol. The van der Waals surface area contributed by atoms with Crippen molar-refractivity contribution in [3.63, 3.8) is 0 Å². The number of hydrogen-bond acceptors (Lipinski definition) is 3. The van der Waals surface area contributed by atoms with E-state index in [1.165, 1.54) is 0 Å². The van der Waals surface area contributed by atoms with Crippen LogP contribution in [0.3, 0.4) is 0 Å². The highest BCUT2D eigenvalue weighted by Gasteiger charge is 2.29. The first kappa shape index (κ1) is 8.48. The predicted molar refractivity (Wildman–Crippen MR) is 45.8 cm³/mol. The van der Waals surface area contributed by atoms with Crippen molar-refractivity contribution in [1.29, 1.82) is 0 Å². The van der Waals surface area contributed by atoms with Crippen molar-refractivity contribution in [2.45, 2.75) is 19.6 Å². The molecule has 2 fully saturated rings. The summed E-state index contributed by atoms with van der Waals surface area (Å²) in [5.74, 6) is 1.24. The van der Waals surface area contributed by atoms with Crippen molar-refractivity contribution in [2.75, 3.05) is 26.4 Å². The van der Waals surface area contributed by atoms with Gasteiger partial charge in [-0.2, -0.15) is 0 Å². The zero-order valence-corrected chi connectivity index (χ0v) is 7.58. The summed E-state index contributed by atoms with van der Waals surface area (Å²) >= 11 is 0.